The Morgan fingerprint density at radius 1 is 0.615 bits per heavy atom. The summed E-state index contributed by atoms with van der Waals surface area (Å²) in [4.78, 5) is 84.3. The molecule has 2 aliphatic rings. The first-order chi connectivity index (χ1) is 30.7. The molecule has 6 aromatic rings. The fourth-order valence-electron chi connectivity index (χ4n) is 7.24. The van der Waals surface area contributed by atoms with Gasteiger partial charge < -0.3 is 29.1 Å². The Hall–Kier alpha value is -6.98. The molecule has 0 bridgehead atoms. The number of esters is 1. The van der Waals surface area contributed by atoms with Crippen molar-refractivity contribution in [1.82, 2.24) is 48.8 Å². The van der Waals surface area contributed by atoms with Crippen molar-refractivity contribution in [1.29, 1.82) is 0 Å². The summed E-state index contributed by atoms with van der Waals surface area (Å²) in [6.07, 6.45) is 12.6. The molecule has 2 saturated heterocycles. The number of carbonyl (C=O) groups is 2. The lowest BCUT2D eigenvalue weighted by molar-refractivity contribution is -0.143. The lowest BCUT2D eigenvalue weighted by atomic mass is 10.2. The first-order valence-electron chi connectivity index (χ1n) is 21.2. The van der Waals surface area contributed by atoms with Crippen molar-refractivity contribution < 1.29 is 14.3 Å². The highest BCUT2D eigenvalue weighted by molar-refractivity contribution is 5.69. The maximum absolute atomic E-state index is 13.4. The maximum Gasteiger partial charge on any atom is 0.306 e. The molecule has 0 radical (unpaired) electrons. The standard InChI is InChI=1S/C24H28N6O3.C22H24N6O2.2CH4/c1-3-33-21(31)10-7-19-17-30(24(32)23(27-19)29-15-13-28(2)14-16-29)20-8-5-18(6-9-20)22-25-11-4-12-26-22;1-26-11-13-27(14-12-26)21-22(30)28(16-18(25-21)4-2-15-29)19-7-5-17(6-8-19)20-23-9-3-10-24-20;;/h4-6,8-9,11-12,17H,3,7,10,13-16H2,1-2H3;3,5-10,15-16H,2,4,11-14H2,1H3;2*1H4. The summed E-state index contributed by atoms with van der Waals surface area (Å²) in [5.41, 5.74) is 4.27. The molecule has 0 atom stereocenters. The third-order valence-electron chi connectivity index (χ3n) is 10.8. The molecular weight excluding hydrogens is 825 g/mol. The van der Waals surface area contributed by atoms with Crippen molar-refractivity contribution in [2.45, 2.75) is 47.5 Å². The van der Waals surface area contributed by atoms with Gasteiger partial charge in [0.1, 0.15) is 6.29 Å². The Balaban J connectivity index is 0.000000238. The van der Waals surface area contributed by atoms with Crippen LogP contribution < -0.4 is 20.9 Å². The largest absolute Gasteiger partial charge is 0.466 e. The van der Waals surface area contributed by atoms with Crippen LogP contribution in [0.3, 0.4) is 0 Å². The number of likely N-dealkylation sites (N-methyl/N-ethyl adjacent to an activating group) is 2. The topological polar surface area (TPSA) is 178 Å². The second kappa shape index (κ2) is 23.6. The van der Waals surface area contributed by atoms with Gasteiger partial charge in [-0.1, -0.05) is 14.9 Å². The molecule has 0 aliphatic carbocycles. The van der Waals surface area contributed by atoms with Crippen LogP contribution in [0.1, 0.15) is 46.0 Å². The Labute approximate surface area is 380 Å². The van der Waals surface area contributed by atoms with Crippen LogP contribution in [0.2, 0.25) is 0 Å². The van der Waals surface area contributed by atoms with E-state index in [9.17, 15) is 19.2 Å². The molecule has 65 heavy (non-hydrogen) atoms. The summed E-state index contributed by atoms with van der Waals surface area (Å²) >= 11 is 0. The molecule has 0 amide bonds. The Morgan fingerprint density at radius 2 is 1.02 bits per heavy atom. The number of rotatable bonds is 13. The highest BCUT2D eigenvalue weighted by atomic mass is 16.5. The van der Waals surface area contributed by atoms with Gasteiger partial charge in [-0.15, -0.1) is 0 Å². The molecule has 6 heterocycles. The van der Waals surface area contributed by atoms with Crippen LogP contribution in [-0.4, -0.2) is 134 Å². The third-order valence-corrected chi connectivity index (χ3v) is 10.8. The highest BCUT2D eigenvalue weighted by Crippen LogP contribution is 2.20. The van der Waals surface area contributed by atoms with Crippen LogP contribution >= 0.6 is 0 Å². The predicted molar refractivity (Wildman–Crippen MR) is 254 cm³/mol. The van der Waals surface area contributed by atoms with Gasteiger partial charge in [0.25, 0.3) is 11.1 Å². The van der Waals surface area contributed by atoms with Crippen molar-refractivity contribution in [3.05, 3.63) is 130 Å². The quantitative estimate of drug-likeness (QED) is 0.114. The number of hydrogen-bond donors (Lipinski definition) is 0. The molecule has 2 aliphatic heterocycles. The fourth-order valence-corrected chi connectivity index (χ4v) is 7.24. The van der Waals surface area contributed by atoms with Crippen LogP contribution in [0.25, 0.3) is 34.2 Å². The van der Waals surface area contributed by atoms with Crippen molar-refractivity contribution in [2.75, 3.05) is 82.9 Å². The van der Waals surface area contributed by atoms with Crippen molar-refractivity contribution in [3.63, 3.8) is 0 Å². The van der Waals surface area contributed by atoms with E-state index >= 15 is 0 Å². The van der Waals surface area contributed by atoms with E-state index in [0.717, 1.165) is 86.8 Å². The second-order valence-electron chi connectivity index (χ2n) is 15.3. The monoisotopic (exact) mass is 884 g/mol. The van der Waals surface area contributed by atoms with E-state index in [2.05, 4.69) is 53.8 Å². The van der Waals surface area contributed by atoms with Crippen LogP contribution in [-0.2, 0) is 27.2 Å². The zero-order valence-corrected chi connectivity index (χ0v) is 35.9. The number of aryl methyl sites for hydroxylation is 2. The minimum Gasteiger partial charge on any atom is -0.466 e. The molecule has 342 valence electrons. The number of hydrogen-bond acceptors (Lipinski definition) is 15. The average molecular weight is 885 g/mol. The first-order valence-corrected chi connectivity index (χ1v) is 21.2. The molecule has 17 heteroatoms. The van der Waals surface area contributed by atoms with Gasteiger partial charge in [0.2, 0.25) is 0 Å². The zero-order valence-electron chi connectivity index (χ0n) is 35.9. The first kappa shape index (κ1) is 49.0. The van der Waals surface area contributed by atoms with Crippen molar-refractivity contribution >= 4 is 23.9 Å². The molecule has 0 N–H and O–H groups in total. The maximum atomic E-state index is 13.4. The summed E-state index contributed by atoms with van der Waals surface area (Å²) in [6, 6.07) is 18.6. The SMILES string of the molecule is C.C.CCOC(=O)CCc1cn(-c2ccc(-c3ncccn3)cc2)c(=O)c(N2CCN(C)CC2)n1.CN1CCN(c2nc(CCC=O)cn(-c3ccc(-c4ncccn4)cc3)c2=O)CC1. The molecule has 4 aromatic heterocycles. The van der Waals surface area contributed by atoms with Crippen molar-refractivity contribution in [3.8, 4) is 34.2 Å². The number of carbonyl (C=O) groups excluding carboxylic acids is 2. The third kappa shape index (κ3) is 12.6. The minimum atomic E-state index is -0.273. The molecule has 17 nitrogen and oxygen atoms in total. The number of benzene rings is 2. The Morgan fingerprint density at radius 3 is 1.40 bits per heavy atom. The van der Waals surface area contributed by atoms with E-state index in [1.165, 1.54) is 0 Å². The summed E-state index contributed by atoms with van der Waals surface area (Å²) in [6.45, 7) is 8.56. The van der Waals surface area contributed by atoms with Gasteiger partial charge in [0.05, 0.1) is 24.4 Å². The molecule has 0 spiro atoms. The normalized spacial score (nSPS) is 14.0. The number of piperazine rings is 2. The van der Waals surface area contributed by atoms with E-state index < -0.39 is 0 Å². The fraction of sp³-hybridized carbons (Fsp3) is 0.375. The Kier molecular flexibility index (Phi) is 17.8. The smallest absolute Gasteiger partial charge is 0.306 e. The van der Waals surface area contributed by atoms with Crippen molar-refractivity contribution in [2.24, 2.45) is 0 Å². The van der Waals surface area contributed by atoms with Gasteiger partial charge in [0.15, 0.2) is 23.3 Å². The molecule has 2 aromatic carbocycles. The molecule has 8 rings (SSSR count). The van der Waals surface area contributed by atoms with E-state index in [0.29, 0.717) is 54.8 Å². The molecule has 0 saturated carbocycles. The van der Waals surface area contributed by atoms with Gasteiger partial charge in [-0.05, 0) is 88.1 Å². The van der Waals surface area contributed by atoms with Gasteiger partial charge in [-0.3, -0.25) is 23.5 Å². The van der Waals surface area contributed by atoms with E-state index in [1.807, 2.05) is 58.3 Å². The van der Waals surface area contributed by atoms with Gasteiger partial charge in [0, 0.05) is 125 Å². The summed E-state index contributed by atoms with van der Waals surface area (Å²) < 4.78 is 8.28. The number of aromatic nitrogens is 8. The summed E-state index contributed by atoms with van der Waals surface area (Å²) in [5, 5.41) is 0. The Bertz CT molecular complexity index is 2560. The van der Waals surface area contributed by atoms with Crippen LogP contribution in [0, 0.1) is 0 Å². The van der Waals surface area contributed by atoms with E-state index in [1.54, 1.807) is 65.4 Å². The lowest BCUT2D eigenvalue weighted by Crippen LogP contribution is -2.47. The van der Waals surface area contributed by atoms with Gasteiger partial charge >= 0.3 is 5.97 Å². The van der Waals surface area contributed by atoms with E-state index in [4.69, 9.17) is 4.74 Å². The van der Waals surface area contributed by atoms with Crippen LogP contribution in [0.4, 0.5) is 11.6 Å². The van der Waals surface area contributed by atoms with Crippen LogP contribution in [0.15, 0.2) is 107 Å². The summed E-state index contributed by atoms with van der Waals surface area (Å²) in [7, 11) is 4.14. The molecule has 0 unspecified atom stereocenters. The van der Waals surface area contributed by atoms with E-state index in [-0.39, 0.29) is 38.4 Å². The average Bonchev–Trinajstić information content (AvgIpc) is 3.32. The lowest BCUT2D eigenvalue weighted by Gasteiger charge is -2.33. The number of ether oxygens (including phenoxy) is 1. The minimum absolute atomic E-state index is 0. The number of nitrogens with zero attached hydrogens (tertiary/aromatic N) is 12. The highest BCUT2D eigenvalue weighted by Gasteiger charge is 2.23. The summed E-state index contributed by atoms with van der Waals surface area (Å²) in [5.74, 6) is 1.85. The van der Waals surface area contributed by atoms with Gasteiger partial charge in [-0.2, -0.15) is 0 Å². The zero-order chi connectivity index (χ0) is 44.1. The molecular formula is C48H60N12O5. The number of anilines is 2. The van der Waals surface area contributed by atoms with Gasteiger partial charge in [-0.25, -0.2) is 29.9 Å². The second-order valence-corrected chi connectivity index (χ2v) is 15.3. The predicted octanol–water partition coefficient (Wildman–Crippen LogP) is 4.78. The number of aldehydes is 1. The van der Waals surface area contributed by atoms with Crippen LogP contribution in [0.5, 0.6) is 0 Å². The molecule has 2 fully saturated rings.